The van der Waals surface area contributed by atoms with Gasteiger partial charge in [0.1, 0.15) is 23.9 Å². The van der Waals surface area contributed by atoms with Crippen LogP contribution in [0.5, 0.6) is 5.75 Å². The summed E-state index contributed by atoms with van der Waals surface area (Å²) in [4.78, 5) is 0. The number of aliphatic hydroxyl groups is 1. The fraction of sp³-hybridized carbons (Fsp3) is 0.235. The molecule has 3 rings (SSSR count). The van der Waals surface area contributed by atoms with Crippen molar-refractivity contribution in [1.29, 1.82) is 5.26 Å². The second kappa shape index (κ2) is 5.40. The lowest BCUT2D eigenvalue weighted by molar-refractivity contribution is 0.0172. The summed E-state index contributed by atoms with van der Waals surface area (Å²) in [6.07, 6.45) is -0.559. The Morgan fingerprint density at radius 3 is 2.67 bits per heavy atom. The third kappa shape index (κ3) is 2.37. The summed E-state index contributed by atoms with van der Waals surface area (Å²) in [5, 5.41) is 20.8. The van der Waals surface area contributed by atoms with Gasteiger partial charge in [0.15, 0.2) is 0 Å². The predicted molar refractivity (Wildman–Crippen MR) is 80.1 cm³/mol. The highest BCUT2D eigenvalue weighted by Crippen LogP contribution is 2.44. The van der Waals surface area contributed by atoms with Crippen LogP contribution >= 0.6 is 11.6 Å². The van der Waals surface area contributed by atoms with E-state index in [1.807, 2.05) is 24.3 Å². The Hall–Kier alpha value is -2.02. The number of halogens is 1. The maximum absolute atomic E-state index is 10.7. The zero-order valence-corrected chi connectivity index (χ0v) is 12.0. The Labute approximate surface area is 128 Å². The SMILES string of the molecule is N#CC1(C(O)c2ccccc2Cl)COc2ccccc2C1. The first kappa shape index (κ1) is 13.9. The maximum Gasteiger partial charge on any atom is 0.125 e. The molecular formula is C17H14ClNO2. The Morgan fingerprint density at radius 1 is 1.19 bits per heavy atom. The lowest BCUT2D eigenvalue weighted by atomic mass is 9.74. The molecule has 1 aliphatic heterocycles. The van der Waals surface area contributed by atoms with Gasteiger partial charge in [0.2, 0.25) is 0 Å². The van der Waals surface area contributed by atoms with Gasteiger partial charge in [-0.05, 0) is 17.7 Å². The molecule has 0 saturated heterocycles. The average molecular weight is 300 g/mol. The van der Waals surface area contributed by atoms with Gasteiger partial charge in [0.05, 0.1) is 6.07 Å². The summed E-state index contributed by atoms with van der Waals surface area (Å²) in [5.74, 6) is 0.773. The van der Waals surface area contributed by atoms with E-state index in [-0.39, 0.29) is 6.61 Å². The van der Waals surface area contributed by atoms with E-state index >= 15 is 0 Å². The second-order valence-electron chi connectivity index (χ2n) is 5.27. The monoisotopic (exact) mass is 299 g/mol. The lowest BCUT2D eigenvalue weighted by Gasteiger charge is -2.36. The second-order valence-corrected chi connectivity index (χ2v) is 5.67. The quantitative estimate of drug-likeness (QED) is 0.923. The van der Waals surface area contributed by atoms with Crippen molar-refractivity contribution in [2.45, 2.75) is 12.5 Å². The highest BCUT2D eigenvalue weighted by Gasteiger charge is 2.44. The highest BCUT2D eigenvalue weighted by molar-refractivity contribution is 6.31. The number of nitrogens with zero attached hydrogens (tertiary/aromatic N) is 1. The summed E-state index contributed by atoms with van der Waals surface area (Å²) in [6.45, 7) is 0.146. The largest absolute Gasteiger partial charge is 0.492 e. The third-order valence-electron chi connectivity index (χ3n) is 3.91. The predicted octanol–water partition coefficient (Wildman–Crippen LogP) is 3.52. The van der Waals surface area contributed by atoms with Crippen LogP contribution in [0, 0.1) is 16.7 Å². The number of para-hydroxylation sites is 1. The fourth-order valence-corrected chi connectivity index (χ4v) is 2.93. The third-order valence-corrected chi connectivity index (χ3v) is 4.25. The standard InChI is InChI=1S/C17H14ClNO2/c18-14-7-3-2-6-13(14)16(20)17(10-19)9-12-5-1-4-8-15(12)21-11-17/h1-8,16,20H,9,11H2. The first-order valence-electron chi connectivity index (χ1n) is 6.71. The molecule has 2 aromatic rings. The van der Waals surface area contributed by atoms with E-state index in [0.717, 1.165) is 11.3 Å². The normalized spacial score (nSPS) is 21.8. The number of fused-ring (bicyclic) bond motifs is 1. The number of ether oxygens (including phenoxy) is 1. The van der Waals surface area contributed by atoms with Crippen molar-refractivity contribution in [3.8, 4) is 11.8 Å². The molecule has 0 aromatic heterocycles. The highest BCUT2D eigenvalue weighted by atomic mass is 35.5. The van der Waals surface area contributed by atoms with Crippen molar-refractivity contribution in [1.82, 2.24) is 0 Å². The van der Waals surface area contributed by atoms with E-state index in [1.54, 1.807) is 24.3 Å². The van der Waals surface area contributed by atoms with Crippen LogP contribution in [0.4, 0.5) is 0 Å². The fourth-order valence-electron chi connectivity index (χ4n) is 2.69. The molecule has 1 heterocycles. The number of hydrogen-bond donors (Lipinski definition) is 1. The molecule has 1 N–H and O–H groups in total. The van der Waals surface area contributed by atoms with Crippen LogP contribution < -0.4 is 4.74 Å². The summed E-state index contributed by atoms with van der Waals surface area (Å²) < 4.78 is 5.69. The van der Waals surface area contributed by atoms with Gasteiger partial charge in [-0.2, -0.15) is 5.26 Å². The molecule has 0 bridgehead atoms. The van der Waals surface area contributed by atoms with Gasteiger partial charge in [-0.1, -0.05) is 48.0 Å². The zero-order chi connectivity index (χ0) is 14.9. The van der Waals surface area contributed by atoms with Gasteiger partial charge in [-0.15, -0.1) is 0 Å². The summed E-state index contributed by atoms with van der Waals surface area (Å²) in [5.41, 5.74) is 0.458. The number of nitriles is 1. The Morgan fingerprint density at radius 2 is 1.90 bits per heavy atom. The van der Waals surface area contributed by atoms with E-state index in [1.165, 1.54) is 0 Å². The number of hydrogen-bond acceptors (Lipinski definition) is 3. The smallest absolute Gasteiger partial charge is 0.125 e. The molecule has 1 aliphatic rings. The molecule has 106 valence electrons. The molecule has 2 unspecified atom stereocenters. The Kier molecular flexibility index (Phi) is 3.59. The first-order valence-corrected chi connectivity index (χ1v) is 7.08. The molecule has 21 heavy (non-hydrogen) atoms. The van der Waals surface area contributed by atoms with Gasteiger partial charge in [0.25, 0.3) is 0 Å². The van der Waals surface area contributed by atoms with Crippen molar-refractivity contribution < 1.29 is 9.84 Å². The number of aliphatic hydroxyl groups excluding tert-OH is 1. The van der Waals surface area contributed by atoms with E-state index in [9.17, 15) is 10.4 Å². The van der Waals surface area contributed by atoms with Crippen LogP contribution in [0.2, 0.25) is 5.02 Å². The van der Waals surface area contributed by atoms with Gasteiger partial charge in [-0.3, -0.25) is 0 Å². The van der Waals surface area contributed by atoms with Gasteiger partial charge in [0, 0.05) is 17.0 Å². The molecule has 0 saturated carbocycles. The number of benzene rings is 2. The molecule has 0 amide bonds. The van der Waals surface area contributed by atoms with E-state index in [0.29, 0.717) is 17.0 Å². The van der Waals surface area contributed by atoms with Crippen LogP contribution in [0.15, 0.2) is 48.5 Å². The van der Waals surface area contributed by atoms with E-state index in [4.69, 9.17) is 16.3 Å². The topological polar surface area (TPSA) is 53.2 Å². The Balaban J connectivity index is 2.00. The molecule has 0 fully saturated rings. The molecule has 2 atom stereocenters. The summed E-state index contributed by atoms with van der Waals surface area (Å²) >= 11 is 6.15. The van der Waals surface area contributed by atoms with Gasteiger partial charge in [-0.25, -0.2) is 0 Å². The van der Waals surface area contributed by atoms with Crippen molar-refractivity contribution >= 4 is 11.6 Å². The van der Waals surface area contributed by atoms with Crippen LogP contribution in [0.3, 0.4) is 0 Å². The van der Waals surface area contributed by atoms with Crippen LogP contribution in [-0.4, -0.2) is 11.7 Å². The van der Waals surface area contributed by atoms with Crippen LogP contribution in [-0.2, 0) is 6.42 Å². The van der Waals surface area contributed by atoms with Gasteiger partial charge < -0.3 is 9.84 Å². The zero-order valence-electron chi connectivity index (χ0n) is 11.3. The van der Waals surface area contributed by atoms with Crippen molar-refractivity contribution in [3.63, 3.8) is 0 Å². The first-order chi connectivity index (χ1) is 10.2. The molecule has 0 spiro atoms. The molecular weight excluding hydrogens is 286 g/mol. The lowest BCUT2D eigenvalue weighted by Crippen LogP contribution is -2.39. The average Bonchev–Trinajstić information content (AvgIpc) is 2.54. The van der Waals surface area contributed by atoms with Crippen molar-refractivity contribution in [2.75, 3.05) is 6.61 Å². The minimum Gasteiger partial charge on any atom is -0.492 e. The molecule has 4 heteroatoms. The van der Waals surface area contributed by atoms with Crippen LogP contribution in [0.1, 0.15) is 17.2 Å². The van der Waals surface area contributed by atoms with E-state index in [2.05, 4.69) is 6.07 Å². The molecule has 2 aromatic carbocycles. The minimum absolute atomic E-state index is 0.146. The summed E-state index contributed by atoms with van der Waals surface area (Å²) in [6, 6.07) is 16.9. The maximum atomic E-state index is 10.7. The van der Waals surface area contributed by atoms with Crippen LogP contribution in [0.25, 0.3) is 0 Å². The molecule has 0 radical (unpaired) electrons. The number of rotatable bonds is 2. The Bertz CT molecular complexity index is 710. The summed E-state index contributed by atoms with van der Waals surface area (Å²) in [7, 11) is 0. The molecule has 3 nitrogen and oxygen atoms in total. The van der Waals surface area contributed by atoms with Gasteiger partial charge >= 0.3 is 0 Å². The van der Waals surface area contributed by atoms with Crippen molar-refractivity contribution in [3.05, 3.63) is 64.7 Å². The minimum atomic E-state index is -1.03. The molecule has 0 aliphatic carbocycles. The van der Waals surface area contributed by atoms with E-state index < -0.39 is 11.5 Å². The van der Waals surface area contributed by atoms with Crippen molar-refractivity contribution in [2.24, 2.45) is 5.41 Å².